The molecule has 2 rings (SSSR count). The molecule has 1 N–H and O–H groups in total. The van der Waals surface area contributed by atoms with E-state index in [0.717, 1.165) is 6.42 Å². The second-order valence-corrected chi connectivity index (χ2v) is 6.14. The lowest BCUT2D eigenvalue weighted by Crippen LogP contribution is -2.23. The lowest BCUT2D eigenvalue weighted by molar-refractivity contribution is 0.415. The summed E-state index contributed by atoms with van der Waals surface area (Å²) in [7, 11) is -1.96. The van der Waals surface area contributed by atoms with Crippen molar-refractivity contribution in [2.75, 3.05) is 13.7 Å². The predicted octanol–water partition coefficient (Wildman–Crippen LogP) is 2.17. The van der Waals surface area contributed by atoms with Gasteiger partial charge in [-0.1, -0.05) is 6.92 Å². The average molecular weight is 294 g/mol. The molecule has 0 aliphatic carbocycles. The minimum Gasteiger partial charge on any atom is -0.497 e. The summed E-state index contributed by atoms with van der Waals surface area (Å²) in [5.74, 6) is 1.13. The van der Waals surface area contributed by atoms with Gasteiger partial charge in [0.25, 0.3) is 10.0 Å². The Labute approximate surface area is 119 Å². The molecule has 0 bridgehead atoms. The lowest BCUT2D eigenvalue weighted by Gasteiger charge is -2.04. The quantitative estimate of drug-likeness (QED) is 0.925. The van der Waals surface area contributed by atoms with Crippen LogP contribution in [0.15, 0.2) is 34.8 Å². The number of methoxy groups -OCH3 is 1. The molecule has 1 heterocycles. The van der Waals surface area contributed by atoms with E-state index in [1.807, 2.05) is 6.92 Å². The van der Waals surface area contributed by atoms with Gasteiger partial charge in [-0.15, -0.1) is 0 Å². The van der Waals surface area contributed by atoms with Crippen molar-refractivity contribution in [2.24, 2.45) is 4.99 Å². The SMILES string of the molecule is CCCN=C1NS(=O)(=O)C(c2ccc(OC)cc2)=C1C. The van der Waals surface area contributed by atoms with Gasteiger partial charge in [-0.2, -0.15) is 0 Å². The average Bonchev–Trinajstić information content (AvgIpc) is 2.66. The summed E-state index contributed by atoms with van der Waals surface area (Å²) in [4.78, 5) is 4.56. The molecule has 0 atom stereocenters. The van der Waals surface area contributed by atoms with Crippen LogP contribution in [0.2, 0.25) is 0 Å². The molecular formula is C14H18N2O3S. The molecule has 0 saturated carbocycles. The van der Waals surface area contributed by atoms with Gasteiger partial charge in [0.15, 0.2) is 0 Å². The van der Waals surface area contributed by atoms with Crippen molar-refractivity contribution in [1.82, 2.24) is 4.72 Å². The van der Waals surface area contributed by atoms with E-state index in [2.05, 4.69) is 9.71 Å². The van der Waals surface area contributed by atoms with Crippen LogP contribution >= 0.6 is 0 Å². The highest BCUT2D eigenvalue weighted by Gasteiger charge is 2.32. The molecule has 5 nitrogen and oxygen atoms in total. The first-order valence-electron chi connectivity index (χ1n) is 6.42. The number of benzene rings is 1. The minimum absolute atomic E-state index is 0.287. The van der Waals surface area contributed by atoms with E-state index >= 15 is 0 Å². The molecule has 0 fully saturated rings. The van der Waals surface area contributed by atoms with Gasteiger partial charge in [0.1, 0.15) is 16.5 Å². The van der Waals surface area contributed by atoms with Gasteiger partial charge in [0.2, 0.25) is 0 Å². The van der Waals surface area contributed by atoms with Crippen molar-refractivity contribution in [3.63, 3.8) is 0 Å². The molecule has 20 heavy (non-hydrogen) atoms. The molecular weight excluding hydrogens is 276 g/mol. The summed E-state index contributed by atoms with van der Waals surface area (Å²) < 4.78 is 32.0. The fourth-order valence-electron chi connectivity index (χ4n) is 2.05. The number of nitrogens with zero attached hydrogens (tertiary/aromatic N) is 1. The number of ether oxygens (including phenoxy) is 1. The first-order valence-corrected chi connectivity index (χ1v) is 7.91. The number of rotatable bonds is 4. The zero-order valence-corrected chi connectivity index (χ0v) is 12.6. The number of aliphatic imine (C=N–C) groups is 1. The largest absolute Gasteiger partial charge is 0.497 e. The number of amidine groups is 1. The molecule has 1 aromatic carbocycles. The monoisotopic (exact) mass is 294 g/mol. The third-order valence-corrected chi connectivity index (χ3v) is 4.58. The van der Waals surface area contributed by atoms with E-state index in [0.29, 0.717) is 29.3 Å². The van der Waals surface area contributed by atoms with Crippen molar-refractivity contribution in [3.05, 3.63) is 35.4 Å². The van der Waals surface area contributed by atoms with Crippen molar-refractivity contribution in [3.8, 4) is 5.75 Å². The highest BCUT2D eigenvalue weighted by Crippen LogP contribution is 2.30. The molecule has 6 heteroatoms. The number of hydrogen-bond donors (Lipinski definition) is 1. The number of sulfonamides is 1. The topological polar surface area (TPSA) is 67.8 Å². The predicted molar refractivity (Wildman–Crippen MR) is 80.2 cm³/mol. The first-order chi connectivity index (χ1) is 9.49. The normalized spacial score (nSPS) is 19.2. The van der Waals surface area contributed by atoms with Gasteiger partial charge in [-0.25, -0.2) is 8.42 Å². The fourth-order valence-corrected chi connectivity index (χ4v) is 3.57. The van der Waals surface area contributed by atoms with E-state index in [1.165, 1.54) is 0 Å². The van der Waals surface area contributed by atoms with Crippen LogP contribution in [-0.2, 0) is 10.0 Å². The summed E-state index contributed by atoms with van der Waals surface area (Å²) in [6, 6.07) is 6.96. The summed E-state index contributed by atoms with van der Waals surface area (Å²) in [6.07, 6.45) is 0.871. The summed E-state index contributed by atoms with van der Waals surface area (Å²) >= 11 is 0. The Morgan fingerprint density at radius 1 is 1.25 bits per heavy atom. The van der Waals surface area contributed by atoms with Crippen LogP contribution in [-0.4, -0.2) is 27.9 Å². The molecule has 0 spiro atoms. The molecule has 0 saturated heterocycles. The van der Waals surface area contributed by atoms with Crippen LogP contribution in [0.4, 0.5) is 0 Å². The third-order valence-electron chi connectivity index (χ3n) is 3.04. The lowest BCUT2D eigenvalue weighted by atomic mass is 10.1. The highest BCUT2D eigenvalue weighted by molar-refractivity contribution is 8.00. The zero-order valence-electron chi connectivity index (χ0n) is 11.8. The van der Waals surface area contributed by atoms with Gasteiger partial charge in [0, 0.05) is 12.1 Å². The van der Waals surface area contributed by atoms with E-state index in [-0.39, 0.29) is 4.91 Å². The van der Waals surface area contributed by atoms with Gasteiger partial charge in [-0.3, -0.25) is 9.71 Å². The van der Waals surface area contributed by atoms with Gasteiger partial charge in [-0.05, 0) is 43.2 Å². The van der Waals surface area contributed by atoms with Crippen LogP contribution in [0.5, 0.6) is 5.75 Å². The smallest absolute Gasteiger partial charge is 0.264 e. The Kier molecular flexibility index (Phi) is 4.13. The van der Waals surface area contributed by atoms with Crippen LogP contribution in [0.25, 0.3) is 4.91 Å². The Bertz CT molecular complexity index is 658. The van der Waals surface area contributed by atoms with Crippen molar-refractivity contribution < 1.29 is 13.2 Å². The molecule has 1 aliphatic heterocycles. The van der Waals surface area contributed by atoms with Crippen LogP contribution in [0.1, 0.15) is 25.8 Å². The van der Waals surface area contributed by atoms with Crippen molar-refractivity contribution in [2.45, 2.75) is 20.3 Å². The molecule has 1 aliphatic rings. The molecule has 0 radical (unpaired) electrons. The molecule has 108 valence electrons. The second kappa shape index (κ2) is 5.66. The zero-order chi connectivity index (χ0) is 14.8. The maximum Gasteiger partial charge on any atom is 0.264 e. The van der Waals surface area contributed by atoms with Crippen molar-refractivity contribution in [1.29, 1.82) is 0 Å². The van der Waals surface area contributed by atoms with Crippen molar-refractivity contribution >= 4 is 20.8 Å². The van der Waals surface area contributed by atoms with E-state index in [9.17, 15) is 8.42 Å². The maximum absolute atomic E-state index is 12.2. The Morgan fingerprint density at radius 3 is 2.45 bits per heavy atom. The Hall–Kier alpha value is -1.82. The summed E-state index contributed by atoms with van der Waals surface area (Å²) in [6.45, 7) is 4.37. The minimum atomic E-state index is -3.53. The highest BCUT2D eigenvalue weighted by atomic mass is 32.2. The van der Waals surface area contributed by atoms with Crippen LogP contribution in [0, 0.1) is 0 Å². The Balaban J connectivity index is 2.48. The molecule has 0 amide bonds. The Morgan fingerprint density at radius 2 is 1.90 bits per heavy atom. The molecule has 0 unspecified atom stereocenters. The van der Waals surface area contributed by atoms with E-state index in [4.69, 9.17) is 4.74 Å². The summed E-state index contributed by atoms with van der Waals surface area (Å²) in [5, 5.41) is 0. The standard InChI is InChI=1S/C14H18N2O3S/c1-4-9-15-14-10(2)13(20(17,18)16-14)11-5-7-12(19-3)8-6-11/h5-8H,4,9H2,1-3H3,(H,15,16). The number of nitrogens with one attached hydrogen (secondary N) is 1. The first kappa shape index (κ1) is 14.6. The number of hydrogen-bond acceptors (Lipinski definition) is 4. The fraction of sp³-hybridized carbons (Fsp3) is 0.357. The third kappa shape index (κ3) is 2.70. The second-order valence-electron chi connectivity index (χ2n) is 4.52. The molecule has 1 aromatic rings. The van der Waals surface area contributed by atoms with E-state index < -0.39 is 10.0 Å². The van der Waals surface area contributed by atoms with Crippen LogP contribution in [0.3, 0.4) is 0 Å². The van der Waals surface area contributed by atoms with Gasteiger partial charge < -0.3 is 4.74 Å². The van der Waals surface area contributed by atoms with E-state index in [1.54, 1.807) is 38.3 Å². The van der Waals surface area contributed by atoms with Gasteiger partial charge in [0.05, 0.1) is 7.11 Å². The van der Waals surface area contributed by atoms with Crippen LogP contribution < -0.4 is 9.46 Å². The maximum atomic E-state index is 12.2. The van der Waals surface area contributed by atoms with Gasteiger partial charge >= 0.3 is 0 Å². The molecule has 0 aromatic heterocycles. The summed E-state index contributed by atoms with van der Waals surface area (Å²) in [5.41, 5.74) is 1.29.